The van der Waals surface area contributed by atoms with E-state index >= 15 is 0 Å². The summed E-state index contributed by atoms with van der Waals surface area (Å²) in [5, 5.41) is 2.55. The molecule has 0 aromatic carbocycles. The highest BCUT2D eigenvalue weighted by Crippen LogP contribution is 2.16. The third kappa shape index (κ3) is 2.77. The minimum atomic E-state index is -2.26. The first-order chi connectivity index (χ1) is 6.84. The molecule has 0 aromatic rings. The Morgan fingerprint density at radius 3 is 2.40 bits per heavy atom. The zero-order valence-electron chi connectivity index (χ0n) is 8.78. The van der Waals surface area contributed by atoms with Gasteiger partial charge in [-0.2, -0.15) is 0 Å². The van der Waals surface area contributed by atoms with Gasteiger partial charge in [0.05, 0.1) is 0 Å². The Bertz CT molecular complexity index is 280. The fraction of sp³-hybridized carbons (Fsp3) is 0.750. The molecule has 0 atom stereocenters. The zero-order chi connectivity index (χ0) is 11.6. The van der Waals surface area contributed by atoms with Crippen LogP contribution in [0.3, 0.4) is 0 Å². The maximum Gasteiger partial charge on any atom is 0.378 e. The summed E-state index contributed by atoms with van der Waals surface area (Å²) in [6.45, 7) is 3.52. The van der Waals surface area contributed by atoms with E-state index in [9.17, 15) is 9.59 Å². The standard InChI is InChI=1S/C8H15N2O4Si/c1-8(2)6(11)10(7(12)9-8)4-3-5-15(13)14/h13-14H,3-5H2,1-2H3,(H,9,12). The molecule has 1 radical (unpaired) electrons. The molecule has 0 unspecified atom stereocenters. The van der Waals surface area contributed by atoms with Crippen LogP contribution >= 0.6 is 0 Å². The van der Waals surface area contributed by atoms with Crippen molar-refractivity contribution >= 4 is 21.2 Å². The normalized spacial score (nSPS) is 19.9. The van der Waals surface area contributed by atoms with Crippen LogP contribution in [-0.2, 0) is 4.79 Å². The Morgan fingerprint density at radius 1 is 1.40 bits per heavy atom. The van der Waals surface area contributed by atoms with Crippen molar-refractivity contribution in [2.24, 2.45) is 0 Å². The van der Waals surface area contributed by atoms with Gasteiger partial charge in [0.15, 0.2) is 0 Å². The van der Waals surface area contributed by atoms with Gasteiger partial charge in [-0.25, -0.2) is 4.79 Å². The van der Waals surface area contributed by atoms with Gasteiger partial charge in [0.25, 0.3) is 5.91 Å². The molecular formula is C8H15N2O4Si. The molecule has 0 aromatic heterocycles. The predicted molar refractivity (Wildman–Crippen MR) is 53.9 cm³/mol. The van der Waals surface area contributed by atoms with Crippen LogP contribution in [0.4, 0.5) is 4.79 Å². The molecule has 1 aliphatic heterocycles. The molecule has 3 N–H and O–H groups in total. The number of hydrogen-bond acceptors (Lipinski definition) is 4. The van der Waals surface area contributed by atoms with Gasteiger partial charge < -0.3 is 14.9 Å². The van der Waals surface area contributed by atoms with Gasteiger partial charge >= 0.3 is 15.3 Å². The molecule has 1 rings (SSSR count). The van der Waals surface area contributed by atoms with Crippen LogP contribution < -0.4 is 5.32 Å². The smallest absolute Gasteiger partial charge is 0.378 e. The largest absolute Gasteiger partial charge is 0.410 e. The summed E-state index contributed by atoms with van der Waals surface area (Å²) in [6.07, 6.45) is 0.427. The van der Waals surface area contributed by atoms with E-state index in [1.807, 2.05) is 0 Å². The van der Waals surface area contributed by atoms with E-state index in [-0.39, 0.29) is 18.5 Å². The van der Waals surface area contributed by atoms with Crippen LogP contribution in [0, 0.1) is 0 Å². The second-order valence-corrected chi connectivity index (χ2v) is 5.36. The number of urea groups is 1. The van der Waals surface area contributed by atoms with E-state index < -0.39 is 20.9 Å². The molecule has 7 heteroatoms. The van der Waals surface area contributed by atoms with E-state index in [4.69, 9.17) is 9.59 Å². The summed E-state index contributed by atoms with van der Waals surface area (Å²) in [5.74, 6) is -0.267. The van der Waals surface area contributed by atoms with Crippen LogP contribution in [0.2, 0.25) is 6.04 Å². The van der Waals surface area contributed by atoms with Crippen molar-refractivity contribution in [1.82, 2.24) is 10.2 Å². The minimum Gasteiger partial charge on any atom is -0.410 e. The van der Waals surface area contributed by atoms with Gasteiger partial charge in [-0.1, -0.05) is 0 Å². The Labute approximate surface area is 89.7 Å². The highest BCUT2D eigenvalue weighted by atomic mass is 28.3. The molecule has 85 valence electrons. The Hall–Kier alpha value is -0.923. The maximum atomic E-state index is 11.6. The van der Waals surface area contributed by atoms with Gasteiger partial charge in [-0.3, -0.25) is 9.69 Å². The number of carbonyl (C=O) groups is 2. The predicted octanol–water partition coefficient (Wildman–Crippen LogP) is -0.820. The van der Waals surface area contributed by atoms with E-state index in [0.717, 1.165) is 4.90 Å². The van der Waals surface area contributed by atoms with Crippen LogP contribution in [0.5, 0.6) is 0 Å². The molecule has 1 saturated heterocycles. The number of nitrogens with one attached hydrogen (secondary N) is 1. The average molecular weight is 231 g/mol. The van der Waals surface area contributed by atoms with Crippen molar-refractivity contribution < 1.29 is 19.2 Å². The third-order valence-electron chi connectivity index (χ3n) is 2.23. The summed E-state index contributed by atoms with van der Waals surface area (Å²) in [7, 11) is -2.26. The number of nitrogens with zero attached hydrogens (tertiary/aromatic N) is 1. The lowest BCUT2D eigenvalue weighted by Gasteiger charge is -2.15. The van der Waals surface area contributed by atoms with Crippen LogP contribution in [0.1, 0.15) is 20.3 Å². The second-order valence-electron chi connectivity index (χ2n) is 4.03. The number of amides is 3. The highest BCUT2D eigenvalue weighted by molar-refractivity contribution is 6.40. The summed E-state index contributed by atoms with van der Waals surface area (Å²) in [6, 6.07) is -0.156. The van der Waals surface area contributed by atoms with Crippen molar-refractivity contribution in [3.8, 4) is 0 Å². The highest BCUT2D eigenvalue weighted by Gasteiger charge is 2.43. The lowest BCUT2D eigenvalue weighted by Crippen LogP contribution is -2.40. The van der Waals surface area contributed by atoms with E-state index in [0.29, 0.717) is 6.42 Å². The monoisotopic (exact) mass is 231 g/mol. The molecular weight excluding hydrogens is 216 g/mol. The molecule has 1 aliphatic rings. The first-order valence-corrected chi connectivity index (χ1v) is 6.32. The van der Waals surface area contributed by atoms with E-state index in [2.05, 4.69) is 5.32 Å². The zero-order valence-corrected chi connectivity index (χ0v) is 9.78. The number of imide groups is 1. The molecule has 3 amide bonds. The molecule has 1 heterocycles. The molecule has 6 nitrogen and oxygen atoms in total. The fourth-order valence-corrected chi connectivity index (χ4v) is 1.89. The summed E-state index contributed by atoms with van der Waals surface area (Å²) < 4.78 is 0. The molecule has 1 fully saturated rings. The van der Waals surface area contributed by atoms with Crippen molar-refractivity contribution in [3.05, 3.63) is 0 Å². The lowest BCUT2D eigenvalue weighted by molar-refractivity contribution is -0.130. The minimum absolute atomic E-state index is 0.239. The van der Waals surface area contributed by atoms with E-state index in [1.165, 1.54) is 0 Å². The Kier molecular flexibility index (Phi) is 3.48. The first kappa shape index (κ1) is 12.1. The number of rotatable bonds is 4. The molecule has 0 spiro atoms. The van der Waals surface area contributed by atoms with Gasteiger partial charge in [-0.15, -0.1) is 0 Å². The summed E-state index contributed by atoms with van der Waals surface area (Å²) in [5.41, 5.74) is -0.844. The maximum absolute atomic E-state index is 11.6. The summed E-state index contributed by atoms with van der Waals surface area (Å²) >= 11 is 0. The van der Waals surface area contributed by atoms with E-state index in [1.54, 1.807) is 13.8 Å². The fourth-order valence-electron chi connectivity index (χ4n) is 1.42. The van der Waals surface area contributed by atoms with Crippen molar-refractivity contribution in [2.75, 3.05) is 6.54 Å². The summed E-state index contributed by atoms with van der Waals surface area (Å²) in [4.78, 5) is 41.5. The average Bonchev–Trinajstić information content (AvgIpc) is 2.26. The topological polar surface area (TPSA) is 89.9 Å². The molecule has 0 saturated carbocycles. The van der Waals surface area contributed by atoms with Crippen molar-refractivity contribution in [2.45, 2.75) is 31.9 Å². The third-order valence-corrected chi connectivity index (χ3v) is 3.03. The second kappa shape index (κ2) is 4.29. The molecule has 0 aliphatic carbocycles. The molecule has 0 bridgehead atoms. The van der Waals surface area contributed by atoms with Crippen LogP contribution in [0.25, 0.3) is 0 Å². The SMILES string of the molecule is CC1(C)NC(=O)N(CCC[Si](O)O)C1=O. The molecule has 15 heavy (non-hydrogen) atoms. The van der Waals surface area contributed by atoms with Crippen LogP contribution in [-0.4, -0.2) is 47.8 Å². The van der Waals surface area contributed by atoms with Gasteiger partial charge in [0.1, 0.15) is 5.54 Å². The van der Waals surface area contributed by atoms with Gasteiger partial charge in [0, 0.05) is 6.54 Å². The Balaban J connectivity index is 2.49. The van der Waals surface area contributed by atoms with Gasteiger partial charge in [-0.05, 0) is 26.3 Å². The van der Waals surface area contributed by atoms with Crippen molar-refractivity contribution in [1.29, 1.82) is 0 Å². The Morgan fingerprint density at radius 2 is 2.00 bits per heavy atom. The number of hydrogen-bond donors (Lipinski definition) is 3. The quantitative estimate of drug-likeness (QED) is 0.435. The van der Waals surface area contributed by atoms with Gasteiger partial charge in [0.2, 0.25) is 0 Å². The lowest BCUT2D eigenvalue weighted by atomic mass is 10.1. The first-order valence-electron chi connectivity index (χ1n) is 4.72. The number of carbonyl (C=O) groups excluding carboxylic acids is 2. The van der Waals surface area contributed by atoms with Crippen LogP contribution in [0.15, 0.2) is 0 Å². The van der Waals surface area contributed by atoms with Crippen molar-refractivity contribution in [3.63, 3.8) is 0 Å².